The first-order chi connectivity index (χ1) is 11.1. The third-order valence-electron chi connectivity index (χ3n) is 3.44. The van der Waals surface area contributed by atoms with Crippen molar-refractivity contribution in [1.29, 1.82) is 0 Å². The summed E-state index contributed by atoms with van der Waals surface area (Å²) >= 11 is 0. The number of phenols is 1. The number of ether oxygens (including phenoxy) is 1. The molecule has 0 saturated heterocycles. The topological polar surface area (TPSA) is 87.7 Å². The fourth-order valence-corrected chi connectivity index (χ4v) is 2.32. The second-order valence-corrected chi connectivity index (χ2v) is 4.98. The minimum absolute atomic E-state index is 0.160. The standard InChI is InChI=1S/C17H14N2O4/c1-23-17(22)18-11-4-7-15-13(9-11)14(16(21)19-15)8-10-2-5-12(20)6-3-10/h2-9,20H,1H3,(H,18,22)(H,19,21)/b14-8+. The molecule has 116 valence electrons. The number of benzene rings is 2. The third kappa shape index (κ3) is 3.01. The molecule has 1 heterocycles. The van der Waals surface area contributed by atoms with Crippen molar-refractivity contribution in [2.24, 2.45) is 0 Å². The highest BCUT2D eigenvalue weighted by molar-refractivity contribution is 6.35. The van der Waals surface area contributed by atoms with Gasteiger partial charge in [-0.25, -0.2) is 4.79 Å². The van der Waals surface area contributed by atoms with Crippen molar-refractivity contribution in [2.75, 3.05) is 17.7 Å². The molecule has 0 radical (unpaired) electrons. The SMILES string of the molecule is COC(=O)Nc1ccc2c(c1)/C(=C\c1ccc(O)cc1)C(=O)N2. The summed E-state index contributed by atoms with van der Waals surface area (Å²) in [5.41, 5.74) is 3.17. The van der Waals surface area contributed by atoms with Gasteiger partial charge in [-0.15, -0.1) is 0 Å². The zero-order valence-corrected chi connectivity index (χ0v) is 12.3. The lowest BCUT2D eigenvalue weighted by atomic mass is 10.0. The Morgan fingerprint density at radius 3 is 2.65 bits per heavy atom. The molecule has 2 aromatic carbocycles. The molecule has 6 nitrogen and oxygen atoms in total. The molecule has 6 heteroatoms. The predicted molar refractivity (Wildman–Crippen MR) is 87.1 cm³/mol. The lowest BCUT2D eigenvalue weighted by molar-refractivity contribution is -0.110. The average Bonchev–Trinajstić information content (AvgIpc) is 2.85. The van der Waals surface area contributed by atoms with Gasteiger partial charge in [0, 0.05) is 22.5 Å². The van der Waals surface area contributed by atoms with E-state index in [1.54, 1.807) is 48.5 Å². The Morgan fingerprint density at radius 2 is 1.96 bits per heavy atom. The second kappa shape index (κ2) is 5.84. The summed E-state index contributed by atoms with van der Waals surface area (Å²) in [7, 11) is 1.28. The molecule has 0 aromatic heterocycles. The van der Waals surface area contributed by atoms with Crippen LogP contribution < -0.4 is 10.6 Å². The highest BCUT2D eigenvalue weighted by Crippen LogP contribution is 2.35. The van der Waals surface area contributed by atoms with Crippen LogP contribution in [0.1, 0.15) is 11.1 Å². The number of hydrogen-bond acceptors (Lipinski definition) is 4. The zero-order chi connectivity index (χ0) is 16.4. The fourth-order valence-electron chi connectivity index (χ4n) is 2.32. The first-order valence-electron chi connectivity index (χ1n) is 6.88. The molecule has 0 spiro atoms. The molecular weight excluding hydrogens is 296 g/mol. The third-order valence-corrected chi connectivity index (χ3v) is 3.44. The van der Waals surface area contributed by atoms with Gasteiger partial charge in [0.15, 0.2) is 0 Å². The first-order valence-corrected chi connectivity index (χ1v) is 6.88. The Kier molecular flexibility index (Phi) is 3.72. The molecule has 1 aliphatic rings. The van der Waals surface area contributed by atoms with E-state index in [9.17, 15) is 14.7 Å². The number of carbonyl (C=O) groups is 2. The van der Waals surface area contributed by atoms with Crippen LogP contribution in [0.15, 0.2) is 42.5 Å². The highest BCUT2D eigenvalue weighted by atomic mass is 16.5. The van der Waals surface area contributed by atoms with E-state index in [1.165, 1.54) is 7.11 Å². The summed E-state index contributed by atoms with van der Waals surface area (Å²) in [6, 6.07) is 11.6. The number of carbonyl (C=O) groups excluding carboxylic acids is 2. The maximum absolute atomic E-state index is 12.2. The van der Waals surface area contributed by atoms with E-state index in [0.29, 0.717) is 22.5 Å². The first kappa shape index (κ1) is 14.6. The lowest BCUT2D eigenvalue weighted by Gasteiger charge is -2.06. The number of aromatic hydroxyl groups is 1. The minimum atomic E-state index is -0.578. The number of amides is 2. The van der Waals surface area contributed by atoms with Crippen molar-refractivity contribution >= 4 is 35.0 Å². The van der Waals surface area contributed by atoms with Gasteiger partial charge >= 0.3 is 6.09 Å². The van der Waals surface area contributed by atoms with E-state index in [0.717, 1.165) is 5.56 Å². The molecule has 0 unspecified atom stereocenters. The summed E-state index contributed by atoms with van der Waals surface area (Å²) in [5, 5.41) is 14.7. The molecule has 2 amide bonds. The molecule has 0 aliphatic carbocycles. The molecule has 0 saturated carbocycles. The number of nitrogens with one attached hydrogen (secondary N) is 2. The lowest BCUT2D eigenvalue weighted by Crippen LogP contribution is -2.10. The summed E-state index contributed by atoms with van der Waals surface area (Å²) < 4.78 is 4.56. The van der Waals surface area contributed by atoms with Gasteiger partial charge in [0.25, 0.3) is 5.91 Å². The highest BCUT2D eigenvalue weighted by Gasteiger charge is 2.24. The Morgan fingerprint density at radius 1 is 1.22 bits per heavy atom. The van der Waals surface area contributed by atoms with E-state index in [4.69, 9.17) is 0 Å². The smallest absolute Gasteiger partial charge is 0.411 e. The molecule has 23 heavy (non-hydrogen) atoms. The van der Waals surface area contributed by atoms with E-state index in [2.05, 4.69) is 15.4 Å². The zero-order valence-electron chi connectivity index (χ0n) is 12.3. The summed E-state index contributed by atoms with van der Waals surface area (Å²) in [6.45, 7) is 0. The molecule has 3 N–H and O–H groups in total. The molecule has 3 rings (SSSR count). The van der Waals surface area contributed by atoms with E-state index >= 15 is 0 Å². The van der Waals surface area contributed by atoms with Gasteiger partial charge in [-0.1, -0.05) is 12.1 Å². The van der Waals surface area contributed by atoms with Gasteiger partial charge in [0.1, 0.15) is 5.75 Å². The summed E-state index contributed by atoms with van der Waals surface area (Å²) in [4.78, 5) is 23.4. The number of phenolic OH excluding ortho intramolecular Hbond substituents is 1. The van der Waals surface area contributed by atoms with Crippen LogP contribution in [-0.2, 0) is 9.53 Å². The van der Waals surface area contributed by atoms with Crippen molar-refractivity contribution in [1.82, 2.24) is 0 Å². The molecular formula is C17H14N2O4. The van der Waals surface area contributed by atoms with Gasteiger partial charge in [0.05, 0.1) is 7.11 Å². The summed E-state index contributed by atoms with van der Waals surface area (Å²) in [5.74, 6) is -0.0590. The quantitative estimate of drug-likeness (QED) is 0.744. The van der Waals surface area contributed by atoms with Crippen LogP contribution in [-0.4, -0.2) is 24.2 Å². The molecule has 0 atom stereocenters. The Hall–Kier alpha value is -3.28. The monoisotopic (exact) mass is 310 g/mol. The number of methoxy groups -OCH3 is 1. The van der Waals surface area contributed by atoms with Crippen LogP contribution in [0.4, 0.5) is 16.2 Å². The van der Waals surface area contributed by atoms with Crippen LogP contribution in [0.25, 0.3) is 11.6 Å². The molecule has 2 aromatic rings. The largest absolute Gasteiger partial charge is 0.508 e. The van der Waals surface area contributed by atoms with E-state index < -0.39 is 6.09 Å². The maximum Gasteiger partial charge on any atom is 0.411 e. The maximum atomic E-state index is 12.2. The van der Waals surface area contributed by atoms with Gasteiger partial charge in [0.2, 0.25) is 0 Å². The van der Waals surface area contributed by atoms with E-state index in [1.807, 2.05) is 0 Å². The molecule has 1 aliphatic heterocycles. The number of hydrogen-bond donors (Lipinski definition) is 3. The van der Waals surface area contributed by atoms with Crippen LogP contribution in [0.2, 0.25) is 0 Å². The van der Waals surface area contributed by atoms with E-state index in [-0.39, 0.29) is 11.7 Å². The van der Waals surface area contributed by atoms with Crippen molar-refractivity contribution in [3.05, 3.63) is 53.6 Å². The van der Waals surface area contributed by atoms with Crippen molar-refractivity contribution in [3.8, 4) is 5.75 Å². The Labute approximate surface area is 132 Å². The Bertz CT molecular complexity index is 810. The number of fused-ring (bicyclic) bond motifs is 1. The molecule has 0 bridgehead atoms. The van der Waals surface area contributed by atoms with Crippen molar-refractivity contribution in [2.45, 2.75) is 0 Å². The van der Waals surface area contributed by atoms with Gasteiger partial charge in [-0.3, -0.25) is 10.1 Å². The van der Waals surface area contributed by atoms with Crippen LogP contribution in [0.3, 0.4) is 0 Å². The Balaban J connectivity index is 1.98. The van der Waals surface area contributed by atoms with Gasteiger partial charge < -0.3 is 15.2 Å². The minimum Gasteiger partial charge on any atom is -0.508 e. The summed E-state index contributed by atoms with van der Waals surface area (Å²) in [6.07, 6.45) is 1.15. The predicted octanol–water partition coefficient (Wildman–Crippen LogP) is 3.06. The van der Waals surface area contributed by atoms with Crippen molar-refractivity contribution in [3.63, 3.8) is 0 Å². The van der Waals surface area contributed by atoms with Gasteiger partial charge in [-0.05, 0) is 42.0 Å². The second-order valence-electron chi connectivity index (χ2n) is 4.98. The van der Waals surface area contributed by atoms with Crippen molar-refractivity contribution < 1.29 is 19.4 Å². The van der Waals surface area contributed by atoms with Crippen LogP contribution >= 0.6 is 0 Å². The average molecular weight is 310 g/mol. The number of rotatable bonds is 2. The van der Waals surface area contributed by atoms with Gasteiger partial charge in [-0.2, -0.15) is 0 Å². The normalized spacial score (nSPS) is 14.3. The van der Waals surface area contributed by atoms with Crippen LogP contribution in [0.5, 0.6) is 5.75 Å². The number of anilines is 2. The van der Waals surface area contributed by atoms with Crippen LogP contribution in [0, 0.1) is 0 Å². The molecule has 0 fully saturated rings. The fraction of sp³-hybridized carbons (Fsp3) is 0.0588.